The van der Waals surface area contributed by atoms with Crippen LogP contribution in [0.3, 0.4) is 0 Å². The highest BCUT2D eigenvalue weighted by Gasteiger charge is 2.48. The van der Waals surface area contributed by atoms with Crippen molar-refractivity contribution in [3.63, 3.8) is 0 Å². The van der Waals surface area contributed by atoms with Gasteiger partial charge in [0, 0.05) is 12.0 Å². The third kappa shape index (κ3) is 2.34. The molecule has 3 rings (SSSR count). The Labute approximate surface area is 129 Å². The molecule has 0 saturated carbocycles. The van der Waals surface area contributed by atoms with Crippen LogP contribution in [0.2, 0.25) is 0 Å². The molecule has 0 aromatic heterocycles. The SMILES string of the molecule is CC(C)(C)N1NC(Br)C2=C1C(=O)CC1(CCNCC1)C2. The largest absolute Gasteiger partial charge is 0.317 e. The number of nitrogens with zero attached hydrogens (tertiary/aromatic N) is 1. The van der Waals surface area contributed by atoms with Crippen LogP contribution in [-0.2, 0) is 4.79 Å². The Morgan fingerprint density at radius 1 is 1.25 bits per heavy atom. The van der Waals surface area contributed by atoms with Crippen molar-refractivity contribution in [1.82, 2.24) is 15.8 Å². The number of halogens is 1. The summed E-state index contributed by atoms with van der Waals surface area (Å²) in [4.78, 5) is 12.9. The van der Waals surface area contributed by atoms with Gasteiger partial charge in [0.15, 0.2) is 5.78 Å². The highest BCUT2D eigenvalue weighted by molar-refractivity contribution is 9.09. The summed E-state index contributed by atoms with van der Waals surface area (Å²) in [5.74, 6) is 0.317. The fraction of sp³-hybridized carbons (Fsp3) is 0.800. The normalized spacial score (nSPS) is 30.1. The maximum absolute atomic E-state index is 12.8. The molecule has 4 nitrogen and oxygen atoms in total. The van der Waals surface area contributed by atoms with E-state index in [1.165, 1.54) is 5.57 Å². The molecule has 112 valence electrons. The van der Waals surface area contributed by atoms with Crippen molar-refractivity contribution in [3.8, 4) is 0 Å². The lowest BCUT2D eigenvalue weighted by Crippen LogP contribution is -2.49. The summed E-state index contributed by atoms with van der Waals surface area (Å²) >= 11 is 3.71. The molecule has 1 aliphatic carbocycles. The molecule has 1 fully saturated rings. The number of nitrogens with one attached hydrogen (secondary N) is 2. The number of hydrazine groups is 1. The van der Waals surface area contributed by atoms with Gasteiger partial charge in [-0.2, -0.15) is 0 Å². The van der Waals surface area contributed by atoms with Gasteiger partial charge in [-0.1, -0.05) is 15.9 Å². The van der Waals surface area contributed by atoms with Crippen LogP contribution >= 0.6 is 15.9 Å². The van der Waals surface area contributed by atoms with Gasteiger partial charge >= 0.3 is 0 Å². The van der Waals surface area contributed by atoms with Crippen molar-refractivity contribution in [2.75, 3.05) is 13.1 Å². The highest BCUT2D eigenvalue weighted by Crippen LogP contribution is 2.48. The lowest BCUT2D eigenvalue weighted by Gasteiger charge is -2.42. The zero-order chi connectivity index (χ0) is 14.5. The van der Waals surface area contributed by atoms with Crippen molar-refractivity contribution in [3.05, 3.63) is 11.3 Å². The number of alkyl halides is 1. The monoisotopic (exact) mass is 341 g/mol. The summed E-state index contributed by atoms with van der Waals surface area (Å²) in [6.07, 6.45) is 3.99. The lowest BCUT2D eigenvalue weighted by atomic mass is 9.67. The predicted octanol–water partition coefficient (Wildman–Crippen LogP) is 2.31. The van der Waals surface area contributed by atoms with E-state index in [1.807, 2.05) is 0 Å². The van der Waals surface area contributed by atoms with Crippen LogP contribution in [0, 0.1) is 5.41 Å². The second kappa shape index (κ2) is 4.82. The van der Waals surface area contributed by atoms with Gasteiger partial charge < -0.3 is 5.32 Å². The second-order valence-corrected chi connectivity index (χ2v) is 8.31. The van der Waals surface area contributed by atoms with Gasteiger partial charge in [-0.25, -0.2) is 5.43 Å². The van der Waals surface area contributed by atoms with Crippen LogP contribution in [0.4, 0.5) is 0 Å². The third-order valence-electron chi connectivity index (χ3n) is 4.78. The van der Waals surface area contributed by atoms with Gasteiger partial charge in [-0.05, 0) is 64.1 Å². The molecule has 0 bridgehead atoms. The maximum atomic E-state index is 12.8. The van der Waals surface area contributed by atoms with E-state index in [1.54, 1.807) is 0 Å². The standard InChI is InChI=1S/C15H24BrN3O/c1-14(2,3)19-12-10(13(16)18-19)8-15(9-11(12)20)4-6-17-7-5-15/h13,17-18H,4-9H2,1-3H3. The average Bonchev–Trinajstić information content (AvgIpc) is 2.68. The lowest BCUT2D eigenvalue weighted by molar-refractivity contribution is -0.121. The van der Waals surface area contributed by atoms with Gasteiger partial charge in [-0.3, -0.25) is 9.80 Å². The Kier molecular flexibility index (Phi) is 3.50. The molecule has 5 heteroatoms. The molecule has 3 aliphatic rings. The molecule has 2 aliphatic heterocycles. The van der Waals surface area contributed by atoms with Crippen molar-refractivity contribution in [1.29, 1.82) is 0 Å². The number of rotatable bonds is 0. The first-order valence-corrected chi connectivity index (χ1v) is 8.41. The number of ketones is 1. The Morgan fingerprint density at radius 3 is 2.50 bits per heavy atom. The summed E-state index contributed by atoms with van der Waals surface area (Å²) in [6, 6.07) is 0. The number of piperidine rings is 1. The zero-order valence-corrected chi connectivity index (χ0v) is 14.1. The first kappa shape index (κ1) is 14.5. The fourth-order valence-electron chi connectivity index (χ4n) is 3.73. The number of hydrogen-bond acceptors (Lipinski definition) is 4. The summed E-state index contributed by atoms with van der Waals surface area (Å²) in [6.45, 7) is 8.49. The number of carbonyl (C=O) groups is 1. The van der Waals surface area contributed by atoms with Crippen molar-refractivity contribution in [2.24, 2.45) is 5.41 Å². The van der Waals surface area contributed by atoms with Crippen LogP contribution in [0.15, 0.2) is 11.3 Å². The number of hydrogen-bond donors (Lipinski definition) is 2. The molecule has 1 unspecified atom stereocenters. The van der Waals surface area contributed by atoms with Crippen molar-refractivity contribution >= 4 is 21.7 Å². The number of carbonyl (C=O) groups excluding carboxylic acids is 1. The summed E-state index contributed by atoms with van der Waals surface area (Å²) in [5.41, 5.74) is 5.72. The minimum atomic E-state index is -0.0859. The van der Waals surface area contributed by atoms with Gasteiger partial charge in [-0.15, -0.1) is 0 Å². The first-order chi connectivity index (χ1) is 9.32. The Balaban J connectivity index is 1.94. The van der Waals surface area contributed by atoms with Crippen LogP contribution in [0.1, 0.15) is 46.5 Å². The van der Waals surface area contributed by atoms with Gasteiger partial charge in [0.25, 0.3) is 0 Å². The van der Waals surface area contributed by atoms with E-state index in [0.717, 1.165) is 38.0 Å². The van der Waals surface area contributed by atoms with Crippen molar-refractivity contribution in [2.45, 2.75) is 56.9 Å². The molecular weight excluding hydrogens is 318 g/mol. The molecule has 1 spiro atoms. The number of allylic oxidation sites excluding steroid dienone is 1. The van der Waals surface area contributed by atoms with Crippen molar-refractivity contribution < 1.29 is 4.79 Å². The van der Waals surface area contributed by atoms with E-state index < -0.39 is 0 Å². The minimum Gasteiger partial charge on any atom is -0.317 e. The Morgan fingerprint density at radius 2 is 1.90 bits per heavy atom. The maximum Gasteiger partial charge on any atom is 0.180 e. The number of Topliss-reactive ketones (excluding diaryl/α,β-unsaturated/α-hetero) is 1. The van der Waals surface area contributed by atoms with E-state index in [-0.39, 0.29) is 15.9 Å². The van der Waals surface area contributed by atoms with E-state index in [4.69, 9.17) is 0 Å². The van der Waals surface area contributed by atoms with Gasteiger partial charge in [0.05, 0.1) is 5.70 Å². The Bertz CT molecular complexity index is 460. The molecule has 0 aromatic carbocycles. The third-order valence-corrected chi connectivity index (χ3v) is 5.53. The first-order valence-electron chi connectivity index (χ1n) is 7.50. The van der Waals surface area contributed by atoms with E-state index in [9.17, 15) is 4.79 Å². The molecule has 2 heterocycles. The molecule has 2 N–H and O–H groups in total. The smallest absolute Gasteiger partial charge is 0.180 e. The van der Waals surface area contributed by atoms with Gasteiger partial charge in [0.2, 0.25) is 0 Å². The van der Waals surface area contributed by atoms with Crippen LogP contribution in [0.5, 0.6) is 0 Å². The Hall–Kier alpha value is -0.390. The molecule has 0 aromatic rings. The van der Waals surface area contributed by atoms with Crippen LogP contribution in [0.25, 0.3) is 0 Å². The minimum absolute atomic E-state index is 0.0859. The average molecular weight is 342 g/mol. The molecule has 1 saturated heterocycles. The molecular formula is C15H24BrN3O. The quantitative estimate of drug-likeness (QED) is 0.524. The fourth-order valence-corrected chi connectivity index (χ4v) is 4.31. The summed E-state index contributed by atoms with van der Waals surface area (Å²) < 4.78 is 0. The molecule has 1 atom stereocenters. The summed E-state index contributed by atoms with van der Waals surface area (Å²) in [7, 11) is 0. The van der Waals surface area contributed by atoms with Crippen LogP contribution < -0.4 is 10.7 Å². The topological polar surface area (TPSA) is 44.4 Å². The highest BCUT2D eigenvalue weighted by atomic mass is 79.9. The second-order valence-electron chi connectivity index (χ2n) is 7.40. The van der Waals surface area contributed by atoms with Crippen LogP contribution in [-0.4, -0.2) is 34.4 Å². The predicted molar refractivity (Wildman–Crippen MR) is 83.2 cm³/mol. The molecule has 0 amide bonds. The van der Waals surface area contributed by atoms with Gasteiger partial charge in [0.1, 0.15) is 4.95 Å². The van der Waals surface area contributed by atoms with E-state index >= 15 is 0 Å². The molecule has 0 radical (unpaired) electrons. The van der Waals surface area contributed by atoms with E-state index in [0.29, 0.717) is 12.2 Å². The molecule has 20 heavy (non-hydrogen) atoms. The summed E-state index contributed by atoms with van der Waals surface area (Å²) in [5, 5.41) is 5.48. The zero-order valence-electron chi connectivity index (χ0n) is 12.6. The van der Waals surface area contributed by atoms with E-state index in [2.05, 4.69) is 52.5 Å².